The molecule has 0 aromatic rings. The molecule has 3 amide bonds. The number of carbonyl (C=O) groups is 5. The van der Waals surface area contributed by atoms with Crippen molar-refractivity contribution in [2.45, 2.75) is 37.8 Å². The van der Waals surface area contributed by atoms with Gasteiger partial charge in [0.05, 0.1) is 46.2 Å². The van der Waals surface area contributed by atoms with Crippen LogP contribution in [0.1, 0.15) is 25.7 Å². The zero-order valence-corrected chi connectivity index (χ0v) is 21.0. The molecule has 0 aliphatic rings. The summed E-state index contributed by atoms with van der Waals surface area (Å²) >= 11 is 0. The fraction of sp³-hybridized carbons (Fsp3) is 0.773. The van der Waals surface area contributed by atoms with Crippen LogP contribution in [-0.4, -0.2) is 125 Å². The minimum absolute atomic E-state index is 0.00340. The van der Waals surface area contributed by atoms with Crippen LogP contribution in [0.4, 0.5) is 0 Å². The van der Waals surface area contributed by atoms with Gasteiger partial charge >= 0.3 is 5.97 Å². The quantitative estimate of drug-likeness (QED) is 0.0505. The maximum Gasteiger partial charge on any atom is 0.326 e. The number of aldehydes is 1. The molecule has 0 aliphatic carbocycles. The molecule has 0 radical (unpaired) electrons. The van der Waals surface area contributed by atoms with E-state index in [1.165, 1.54) is 0 Å². The number of hydrogen-bond acceptors (Lipinski definition) is 11. The van der Waals surface area contributed by atoms with E-state index < -0.39 is 24.0 Å². The first-order chi connectivity index (χ1) is 17.8. The lowest BCUT2D eigenvalue weighted by Gasteiger charge is -2.13. The monoisotopic (exact) mass is 536 g/mol. The Bertz CT molecular complexity index is 667. The van der Waals surface area contributed by atoms with Gasteiger partial charge in [-0.25, -0.2) is 4.79 Å². The second kappa shape index (κ2) is 23.7. The average molecular weight is 537 g/mol. The Kier molecular flexibility index (Phi) is 22.0. The highest BCUT2D eigenvalue weighted by atomic mass is 16.5. The molecule has 0 spiro atoms. The van der Waals surface area contributed by atoms with Crippen molar-refractivity contribution in [1.82, 2.24) is 16.0 Å². The number of aliphatic hydroxyl groups excluding tert-OH is 1. The Morgan fingerprint density at radius 2 is 1.32 bits per heavy atom. The molecule has 7 N–H and O–H groups in total. The van der Waals surface area contributed by atoms with E-state index in [-0.39, 0.29) is 90.5 Å². The molecular formula is C22H40N4O11. The minimum Gasteiger partial charge on any atom is -0.480 e. The lowest BCUT2D eigenvalue weighted by Crippen LogP contribution is -2.42. The van der Waals surface area contributed by atoms with Crippen molar-refractivity contribution in [3.8, 4) is 0 Å². The Hall–Kier alpha value is -2.69. The highest BCUT2D eigenvalue weighted by molar-refractivity contribution is 5.84. The second-order valence-electron chi connectivity index (χ2n) is 7.71. The summed E-state index contributed by atoms with van der Waals surface area (Å²) in [5.74, 6) is -2.33. The fourth-order valence-electron chi connectivity index (χ4n) is 2.57. The summed E-state index contributed by atoms with van der Waals surface area (Å²) in [4.78, 5) is 56.2. The second-order valence-corrected chi connectivity index (χ2v) is 7.71. The number of nitrogens with one attached hydrogen (secondary N) is 3. The highest BCUT2D eigenvalue weighted by Gasteiger charge is 2.19. The number of carbonyl (C=O) groups excluding carboxylic acids is 4. The summed E-state index contributed by atoms with van der Waals surface area (Å²) < 4.78 is 20.8. The third kappa shape index (κ3) is 22.2. The topological polar surface area (TPSA) is 225 Å². The number of rotatable bonds is 25. The molecule has 0 rings (SSSR count). The van der Waals surface area contributed by atoms with Crippen LogP contribution in [0.15, 0.2) is 0 Å². The van der Waals surface area contributed by atoms with Crippen molar-refractivity contribution >= 4 is 30.0 Å². The van der Waals surface area contributed by atoms with Crippen molar-refractivity contribution in [1.29, 1.82) is 0 Å². The molecule has 0 heterocycles. The van der Waals surface area contributed by atoms with Gasteiger partial charge in [0.25, 0.3) is 0 Å². The number of nitrogens with two attached hydrogens (primary N) is 1. The number of aliphatic hydroxyl groups is 1. The van der Waals surface area contributed by atoms with Gasteiger partial charge < -0.3 is 55.6 Å². The van der Waals surface area contributed by atoms with E-state index in [0.29, 0.717) is 25.9 Å². The van der Waals surface area contributed by atoms with Crippen LogP contribution in [0.5, 0.6) is 0 Å². The van der Waals surface area contributed by atoms with Crippen molar-refractivity contribution in [3.63, 3.8) is 0 Å². The van der Waals surface area contributed by atoms with Crippen LogP contribution in [0.25, 0.3) is 0 Å². The summed E-state index contributed by atoms with van der Waals surface area (Å²) in [6.45, 7) is 1.17. The molecule has 0 aliphatic heterocycles. The lowest BCUT2D eigenvalue weighted by atomic mass is 10.1. The first-order valence-corrected chi connectivity index (χ1v) is 12.0. The molecule has 0 saturated carbocycles. The Morgan fingerprint density at radius 3 is 1.86 bits per heavy atom. The summed E-state index contributed by atoms with van der Waals surface area (Å²) in [6, 6.07) is -1.55. The van der Waals surface area contributed by atoms with Gasteiger partial charge in [-0.2, -0.15) is 0 Å². The molecule has 0 fully saturated rings. The number of carboxylic acids is 1. The standard InChI is InChI=1S/C22H40N4O11/c23-17(14-28)3-4-19(29)24-5-8-34-10-12-36-15-20(30)25-6-9-35-11-13-37-16-21(31)26-18(22(32)33)2-1-7-27/h7,17-18,28H,1-6,8-16,23H2,(H,24,29)(H,25,30)(H,26,31)(H,32,33). The van der Waals surface area contributed by atoms with E-state index in [1.54, 1.807) is 0 Å². The molecule has 0 saturated heterocycles. The largest absolute Gasteiger partial charge is 0.480 e. The van der Waals surface area contributed by atoms with Gasteiger partial charge in [-0.1, -0.05) is 0 Å². The number of hydrogen-bond donors (Lipinski definition) is 6. The molecule has 0 aromatic heterocycles. The van der Waals surface area contributed by atoms with Gasteiger partial charge in [-0.15, -0.1) is 0 Å². The van der Waals surface area contributed by atoms with E-state index in [1.807, 2.05) is 0 Å². The molecule has 2 atom stereocenters. The fourth-order valence-corrected chi connectivity index (χ4v) is 2.57. The van der Waals surface area contributed by atoms with E-state index in [9.17, 15) is 24.0 Å². The first kappa shape index (κ1) is 34.3. The highest BCUT2D eigenvalue weighted by Crippen LogP contribution is 1.96. The van der Waals surface area contributed by atoms with Crippen LogP contribution in [0.2, 0.25) is 0 Å². The van der Waals surface area contributed by atoms with Crippen LogP contribution in [0, 0.1) is 0 Å². The Balaban J connectivity index is 3.51. The predicted octanol–water partition coefficient (Wildman–Crippen LogP) is -3.07. The van der Waals surface area contributed by atoms with Crippen molar-refractivity contribution < 1.29 is 53.1 Å². The van der Waals surface area contributed by atoms with Gasteiger partial charge in [-0.3, -0.25) is 14.4 Å². The third-order valence-electron chi connectivity index (χ3n) is 4.53. The number of ether oxygens (including phenoxy) is 4. The molecule has 15 heteroatoms. The Morgan fingerprint density at radius 1 is 0.784 bits per heavy atom. The van der Waals surface area contributed by atoms with Crippen LogP contribution < -0.4 is 21.7 Å². The van der Waals surface area contributed by atoms with Crippen LogP contribution >= 0.6 is 0 Å². The number of amides is 3. The van der Waals surface area contributed by atoms with Crippen LogP contribution in [0.3, 0.4) is 0 Å². The van der Waals surface area contributed by atoms with E-state index in [0.717, 1.165) is 0 Å². The molecule has 37 heavy (non-hydrogen) atoms. The predicted molar refractivity (Wildman–Crippen MR) is 128 cm³/mol. The summed E-state index contributed by atoms with van der Waals surface area (Å²) in [5.41, 5.74) is 5.52. The van der Waals surface area contributed by atoms with Crippen molar-refractivity contribution in [2.24, 2.45) is 5.73 Å². The zero-order chi connectivity index (χ0) is 27.7. The lowest BCUT2D eigenvalue weighted by molar-refractivity contribution is -0.142. The molecule has 0 aromatic carbocycles. The third-order valence-corrected chi connectivity index (χ3v) is 4.53. The van der Waals surface area contributed by atoms with Gasteiger partial charge in [0.2, 0.25) is 17.7 Å². The normalized spacial score (nSPS) is 12.4. The number of aliphatic carboxylic acids is 1. The van der Waals surface area contributed by atoms with E-state index in [4.69, 9.17) is 34.9 Å². The average Bonchev–Trinajstić information content (AvgIpc) is 2.87. The molecule has 214 valence electrons. The van der Waals surface area contributed by atoms with E-state index >= 15 is 0 Å². The first-order valence-electron chi connectivity index (χ1n) is 12.0. The Labute approximate surface area is 215 Å². The van der Waals surface area contributed by atoms with Gasteiger partial charge in [0.1, 0.15) is 25.5 Å². The smallest absolute Gasteiger partial charge is 0.326 e. The number of carboxylic acid groups (broad SMARTS) is 1. The minimum atomic E-state index is -1.23. The maximum atomic E-state index is 11.7. The molecule has 2 unspecified atom stereocenters. The van der Waals surface area contributed by atoms with Crippen molar-refractivity contribution in [2.75, 3.05) is 72.6 Å². The van der Waals surface area contributed by atoms with Crippen molar-refractivity contribution in [3.05, 3.63) is 0 Å². The maximum absolute atomic E-state index is 11.7. The van der Waals surface area contributed by atoms with Crippen LogP contribution in [-0.2, 0) is 42.9 Å². The summed E-state index contributed by atoms with van der Waals surface area (Å²) in [6.07, 6.45) is 1.25. The van der Waals surface area contributed by atoms with Gasteiger partial charge in [0, 0.05) is 32.0 Å². The summed E-state index contributed by atoms with van der Waals surface area (Å²) in [5, 5.41) is 25.3. The molecule has 15 nitrogen and oxygen atoms in total. The summed E-state index contributed by atoms with van der Waals surface area (Å²) in [7, 11) is 0. The zero-order valence-electron chi connectivity index (χ0n) is 21.0. The molecule has 0 bridgehead atoms. The molecular weight excluding hydrogens is 496 g/mol. The van der Waals surface area contributed by atoms with Gasteiger partial charge in [0.15, 0.2) is 0 Å². The van der Waals surface area contributed by atoms with Gasteiger partial charge in [-0.05, 0) is 12.8 Å². The van der Waals surface area contributed by atoms with E-state index in [2.05, 4.69) is 16.0 Å². The SMILES string of the molecule is NC(CO)CCC(=O)NCCOCCOCC(=O)NCCOCCOCC(=O)NC(CCC=O)C(=O)O.